The molecular weight excluding hydrogens is 362 g/mol. The van der Waals surface area contributed by atoms with Crippen LogP contribution in [-0.2, 0) is 16.4 Å². The molecule has 146 valence electrons. The maximum atomic E-state index is 12.3. The predicted molar refractivity (Wildman–Crippen MR) is 109 cm³/mol. The lowest BCUT2D eigenvalue weighted by Gasteiger charge is -2.14. The van der Waals surface area contributed by atoms with Crippen molar-refractivity contribution >= 4 is 15.8 Å². The van der Waals surface area contributed by atoms with E-state index in [1.807, 2.05) is 31.2 Å². The average Bonchev–Trinajstić information content (AvgIpc) is 2.69. The maximum absolute atomic E-state index is 12.3. The second-order valence-electron chi connectivity index (χ2n) is 5.88. The highest BCUT2D eigenvalue weighted by atomic mass is 32.2. The fourth-order valence-corrected chi connectivity index (χ4v) is 3.89. The van der Waals surface area contributed by atoms with Gasteiger partial charge in [-0.25, -0.2) is 8.42 Å². The standard InChI is InChI=1S/C20H27N3O3S/c1-3-26-19-13-8-7-10-17(19)16-23-20(21-2)22-14-9-15-27(24,25)18-11-5-4-6-12-18/h4-8,10-13H,3,9,14-16H2,1-2H3,(H2,21,22,23). The van der Waals surface area contributed by atoms with Gasteiger partial charge in [0.15, 0.2) is 15.8 Å². The van der Waals surface area contributed by atoms with Crippen LogP contribution in [0.25, 0.3) is 0 Å². The van der Waals surface area contributed by atoms with Gasteiger partial charge in [-0.2, -0.15) is 0 Å². The van der Waals surface area contributed by atoms with Crippen molar-refractivity contribution < 1.29 is 13.2 Å². The zero-order chi connectivity index (χ0) is 19.5. The first-order valence-corrected chi connectivity index (χ1v) is 10.6. The first kappa shape index (κ1) is 20.8. The summed E-state index contributed by atoms with van der Waals surface area (Å²) < 4.78 is 30.2. The normalized spacial score (nSPS) is 11.9. The number of para-hydroxylation sites is 1. The molecule has 2 aromatic rings. The number of nitrogens with one attached hydrogen (secondary N) is 2. The van der Waals surface area contributed by atoms with Crippen LogP contribution in [0.15, 0.2) is 64.5 Å². The Morgan fingerprint density at radius 2 is 1.74 bits per heavy atom. The summed E-state index contributed by atoms with van der Waals surface area (Å²) >= 11 is 0. The molecule has 0 aliphatic heterocycles. The Morgan fingerprint density at radius 3 is 2.44 bits per heavy atom. The summed E-state index contributed by atoms with van der Waals surface area (Å²) in [6.45, 7) is 3.64. The molecule has 7 heteroatoms. The Labute approximate surface area is 161 Å². The van der Waals surface area contributed by atoms with Gasteiger partial charge in [-0.05, 0) is 31.5 Å². The molecule has 0 aliphatic rings. The topological polar surface area (TPSA) is 79.8 Å². The Kier molecular flexibility index (Phi) is 8.13. The molecule has 6 nitrogen and oxygen atoms in total. The van der Waals surface area contributed by atoms with Gasteiger partial charge in [-0.1, -0.05) is 36.4 Å². The quantitative estimate of drug-likeness (QED) is 0.391. The maximum Gasteiger partial charge on any atom is 0.191 e. The smallest absolute Gasteiger partial charge is 0.191 e. The van der Waals surface area contributed by atoms with Crippen molar-refractivity contribution in [2.75, 3.05) is 26.0 Å². The molecule has 0 aromatic heterocycles. The third-order valence-corrected chi connectivity index (χ3v) is 5.74. The summed E-state index contributed by atoms with van der Waals surface area (Å²) in [7, 11) is -1.56. The van der Waals surface area contributed by atoms with Gasteiger partial charge in [0.1, 0.15) is 5.75 Å². The first-order valence-electron chi connectivity index (χ1n) is 9.00. The summed E-state index contributed by atoms with van der Waals surface area (Å²) in [6.07, 6.45) is 0.494. The van der Waals surface area contributed by atoms with Crippen molar-refractivity contribution in [3.63, 3.8) is 0 Å². The number of guanidine groups is 1. The highest BCUT2D eigenvalue weighted by molar-refractivity contribution is 7.91. The zero-order valence-corrected chi connectivity index (χ0v) is 16.6. The molecule has 2 N–H and O–H groups in total. The molecule has 0 fully saturated rings. The highest BCUT2D eigenvalue weighted by Gasteiger charge is 2.13. The molecule has 0 saturated carbocycles. The van der Waals surface area contributed by atoms with Gasteiger partial charge < -0.3 is 15.4 Å². The van der Waals surface area contributed by atoms with Crippen LogP contribution in [0.5, 0.6) is 5.75 Å². The molecule has 0 saturated heterocycles. The van der Waals surface area contributed by atoms with Gasteiger partial charge in [0.05, 0.1) is 17.3 Å². The minimum Gasteiger partial charge on any atom is -0.494 e. The van der Waals surface area contributed by atoms with Gasteiger partial charge in [0, 0.05) is 25.7 Å². The van der Waals surface area contributed by atoms with E-state index in [1.165, 1.54) is 0 Å². The largest absolute Gasteiger partial charge is 0.494 e. The third kappa shape index (κ3) is 6.60. The van der Waals surface area contributed by atoms with Crippen LogP contribution in [0.2, 0.25) is 0 Å². The minimum absolute atomic E-state index is 0.0914. The number of sulfone groups is 1. The second kappa shape index (κ2) is 10.6. The lowest BCUT2D eigenvalue weighted by molar-refractivity contribution is 0.336. The van der Waals surface area contributed by atoms with Gasteiger partial charge in [-0.3, -0.25) is 4.99 Å². The summed E-state index contributed by atoms with van der Waals surface area (Å²) in [5.41, 5.74) is 1.04. The highest BCUT2D eigenvalue weighted by Crippen LogP contribution is 2.17. The molecule has 2 aromatic carbocycles. The molecule has 0 unspecified atom stereocenters. The molecule has 0 spiro atoms. The van der Waals surface area contributed by atoms with E-state index in [4.69, 9.17) is 4.74 Å². The monoisotopic (exact) mass is 389 g/mol. The molecule has 2 rings (SSSR count). The number of hydrogen-bond acceptors (Lipinski definition) is 4. The van der Waals surface area contributed by atoms with E-state index in [0.29, 0.717) is 37.0 Å². The molecule has 0 aliphatic carbocycles. The summed E-state index contributed by atoms with van der Waals surface area (Å²) in [5.74, 6) is 1.56. The lowest BCUT2D eigenvalue weighted by atomic mass is 10.2. The minimum atomic E-state index is -3.25. The van der Waals surface area contributed by atoms with Crippen LogP contribution in [0, 0.1) is 0 Å². The van der Waals surface area contributed by atoms with Gasteiger partial charge in [-0.15, -0.1) is 0 Å². The van der Waals surface area contributed by atoms with E-state index in [9.17, 15) is 8.42 Å². The van der Waals surface area contributed by atoms with Crippen LogP contribution in [-0.4, -0.2) is 40.3 Å². The van der Waals surface area contributed by atoms with Crippen LogP contribution < -0.4 is 15.4 Å². The molecule has 0 heterocycles. The van der Waals surface area contributed by atoms with Crippen LogP contribution >= 0.6 is 0 Å². The van der Waals surface area contributed by atoms with Crippen LogP contribution in [0.4, 0.5) is 0 Å². The van der Waals surface area contributed by atoms with E-state index in [-0.39, 0.29) is 5.75 Å². The number of rotatable bonds is 9. The van der Waals surface area contributed by atoms with Crippen molar-refractivity contribution in [1.82, 2.24) is 10.6 Å². The molecule has 0 bridgehead atoms. The molecule has 27 heavy (non-hydrogen) atoms. The third-order valence-electron chi connectivity index (χ3n) is 3.93. The van der Waals surface area contributed by atoms with E-state index in [0.717, 1.165) is 11.3 Å². The summed E-state index contributed by atoms with van der Waals surface area (Å²) in [6, 6.07) is 16.4. The fraction of sp³-hybridized carbons (Fsp3) is 0.350. The van der Waals surface area contributed by atoms with Crippen LogP contribution in [0.1, 0.15) is 18.9 Å². The van der Waals surface area contributed by atoms with E-state index in [2.05, 4.69) is 15.6 Å². The Balaban J connectivity index is 1.80. The Bertz CT molecular complexity index is 837. The molecule has 0 radical (unpaired) electrons. The summed E-state index contributed by atoms with van der Waals surface area (Å²) in [5, 5.41) is 6.37. The number of benzene rings is 2. The van der Waals surface area contributed by atoms with Crippen LogP contribution in [0.3, 0.4) is 0 Å². The lowest BCUT2D eigenvalue weighted by Crippen LogP contribution is -2.37. The van der Waals surface area contributed by atoms with Crippen molar-refractivity contribution in [3.8, 4) is 5.75 Å². The Hall–Kier alpha value is -2.54. The zero-order valence-electron chi connectivity index (χ0n) is 15.8. The number of ether oxygens (including phenoxy) is 1. The Morgan fingerprint density at radius 1 is 1.04 bits per heavy atom. The number of hydrogen-bond donors (Lipinski definition) is 2. The predicted octanol–water partition coefficient (Wildman–Crippen LogP) is 2.61. The first-order chi connectivity index (χ1) is 13.1. The molecular formula is C20H27N3O3S. The van der Waals surface area contributed by atoms with Gasteiger partial charge in [0.25, 0.3) is 0 Å². The van der Waals surface area contributed by atoms with Gasteiger partial charge in [0.2, 0.25) is 0 Å². The second-order valence-corrected chi connectivity index (χ2v) is 7.99. The summed E-state index contributed by atoms with van der Waals surface area (Å²) in [4.78, 5) is 4.54. The van der Waals surface area contributed by atoms with Crippen molar-refractivity contribution in [3.05, 3.63) is 60.2 Å². The number of nitrogens with zero attached hydrogens (tertiary/aromatic N) is 1. The molecule has 0 atom stereocenters. The average molecular weight is 390 g/mol. The van der Waals surface area contributed by atoms with Crippen molar-refractivity contribution in [2.45, 2.75) is 24.8 Å². The van der Waals surface area contributed by atoms with E-state index >= 15 is 0 Å². The SMILES string of the molecule is CCOc1ccccc1CNC(=NC)NCCCS(=O)(=O)c1ccccc1. The van der Waals surface area contributed by atoms with E-state index in [1.54, 1.807) is 37.4 Å². The van der Waals surface area contributed by atoms with Crippen molar-refractivity contribution in [2.24, 2.45) is 4.99 Å². The van der Waals surface area contributed by atoms with Crippen molar-refractivity contribution in [1.29, 1.82) is 0 Å². The van der Waals surface area contributed by atoms with E-state index < -0.39 is 9.84 Å². The van der Waals surface area contributed by atoms with Gasteiger partial charge >= 0.3 is 0 Å². The number of aliphatic imine (C=N–C) groups is 1. The fourth-order valence-electron chi connectivity index (χ4n) is 2.56. The molecule has 0 amide bonds.